The molecule has 9 heteroatoms. The molecule has 0 radical (unpaired) electrons. The van der Waals surface area contributed by atoms with Crippen LogP contribution in [-0.4, -0.2) is 28.4 Å². The van der Waals surface area contributed by atoms with Crippen molar-refractivity contribution in [3.05, 3.63) is 101 Å². The number of hydrogen-bond donors (Lipinski definition) is 1. The summed E-state index contributed by atoms with van der Waals surface area (Å²) >= 11 is 0. The zero-order valence-corrected chi connectivity index (χ0v) is 22.2. The molecule has 0 spiro atoms. The Morgan fingerprint density at radius 1 is 1.12 bits per heavy atom. The van der Waals surface area contributed by atoms with E-state index >= 15 is 0 Å². The molecular formula is C31H27N3O6. The predicted molar refractivity (Wildman–Crippen MR) is 146 cm³/mol. The van der Waals surface area contributed by atoms with Crippen LogP contribution >= 0.6 is 0 Å². The van der Waals surface area contributed by atoms with Crippen molar-refractivity contribution >= 4 is 17.7 Å². The number of carboxylic acid groups (broad SMARTS) is 1. The molecule has 2 heterocycles. The number of carbonyl (C=O) groups excluding carboxylic acids is 1. The normalized spacial score (nSPS) is 14.3. The summed E-state index contributed by atoms with van der Waals surface area (Å²) in [6.07, 6.45) is -2.09. The fourth-order valence-electron chi connectivity index (χ4n) is 4.73. The van der Waals surface area contributed by atoms with Gasteiger partial charge in [-0.3, -0.25) is 9.69 Å². The van der Waals surface area contributed by atoms with Crippen molar-refractivity contribution in [2.24, 2.45) is 0 Å². The van der Waals surface area contributed by atoms with Crippen molar-refractivity contribution in [2.75, 3.05) is 4.90 Å². The van der Waals surface area contributed by atoms with E-state index in [0.29, 0.717) is 39.9 Å². The topological polar surface area (TPSA) is 126 Å². The molecule has 0 saturated carbocycles. The molecule has 0 saturated heterocycles. The summed E-state index contributed by atoms with van der Waals surface area (Å²) < 4.78 is 16.9. The minimum absolute atomic E-state index is 0.150. The number of aryl methyl sites for hydroxylation is 1. The van der Waals surface area contributed by atoms with Gasteiger partial charge in [-0.2, -0.15) is 5.26 Å². The first kappa shape index (κ1) is 26.5. The smallest absolute Gasteiger partial charge is 0.487 e. The molecule has 4 aromatic rings. The van der Waals surface area contributed by atoms with Gasteiger partial charge in [-0.1, -0.05) is 30.3 Å². The van der Waals surface area contributed by atoms with E-state index < -0.39 is 17.8 Å². The molecule has 3 aromatic carbocycles. The van der Waals surface area contributed by atoms with E-state index in [1.165, 1.54) is 4.90 Å². The quantitative estimate of drug-likeness (QED) is 0.285. The molecule has 1 N–H and O–H groups in total. The van der Waals surface area contributed by atoms with Crippen LogP contribution in [0.2, 0.25) is 0 Å². The summed E-state index contributed by atoms with van der Waals surface area (Å²) in [4.78, 5) is 31.3. The minimum atomic E-state index is -1.44. The van der Waals surface area contributed by atoms with Gasteiger partial charge in [-0.05, 0) is 74.4 Å². The van der Waals surface area contributed by atoms with E-state index in [1.807, 2.05) is 24.3 Å². The molecule has 9 nitrogen and oxygen atoms in total. The molecule has 1 aliphatic heterocycles. The van der Waals surface area contributed by atoms with Crippen LogP contribution in [-0.2, 0) is 28.0 Å². The third kappa shape index (κ3) is 5.12. The van der Waals surface area contributed by atoms with Gasteiger partial charge in [-0.25, -0.2) is 9.78 Å². The lowest BCUT2D eigenvalue weighted by atomic mass is 9.83. The van der Waals surface area contributed by atoms with Crippen LogP contribution in [0.25, 0.3) is 11.5 Å². The number of rotatable bonds is 7. The highest BCUT2D eigenvalue weighted by atomic mass is 16.7. The molecule has 1 aliphatic rings. The Hall–Kier alpha value is -5.10. The van der Waals surface area contributed by atoms with E-state index in [9.17, 15) is 14.7 Å². The maximum atomic E-state index is 13.9. The van der Waals surface area contributed by atoms with Gasteiger partial charge in [-0.15, -0.1) is 0 Å². The number of benzene rings is 3. The lowest BCUT2D eigenvalue weighted by Crippen LogP contribution is -2.48. The number of ether oxygens (including phenoxy) is 2. The molecule has 0 unspecified atom stereocenters. The highest BCUT2D eigenvalue weighted by Crippen LogP contribution is 2.38. The van der Waals surface area contributed by atoms with Crippen molar-refractivity contribution in [1.82, 2.24) is 4.98 Å². The number of oxazole rings is 1. The first-order chi connectivity index (χ1) is 19.2. The predicted octanol–water partition coefficient (Wildman–Crippen LogP) is 5.99. The molecule has 0 aliphatic carbocycles. The second-order valence-electron chi connectivity index (χ2n) is 10.00. The average molecular weight is 538 g/mol. The maximum absolute atomic E-state index is 13.9. The van der Waals surface area contributed by atoms with Gasteiger partial charge < -0.3 is 19.0 Å². The Balaban J connectivity index is 1.34. The Kier molecular flexibility index (Phi) is 7.01. The summed E-state index contributed by atoms with van der Waals surface area (Å²) in [6.45, 7) is 5.54. The second kappa shape index (κ2) is 10.6. The number of nitriles is 1. The number of anilines is 1. The third-order valence-corrected chi connectivity index (χ3v) is 7.01. The molecule has 0 fully saturated rings. The standard InChI is InChI=1S/C31H27N3O6/c1-19-25(33-28(39-19)21-13-11-20(17-32)12-14-21)18-38-24-9-6-8-23(16-24)31(2,3)29(35)34-26-10-5-4-7-22(26)15-27(34)40-30(36)37/h4-14,16,27H,15,18H2,1-3H3,(H,36,37)/t27-/m1/s1. The first-order valence-corrected chi connectivity index (χ1v) is 12.7. The van der Waals surface area contributed by atoms with E-state index in [1.54, 1.807) is 69.3 Å². The van der Waals surface area contributed by atoms with Crippen LogP contribution in [0.3, 0.4) is 0 Å². The average Bonchev–Trinajstić information content (AvgIpc) is 3.50. The molecule has 1 aromatic heterocycles. The largest absolute Gasteiger partial charge is 0.507 e. The summed E-state index contributed by atoms with van der Waals surface area (Å²) in [5.74, 6) is 1.30. The maximum Gasteiger partial charge on any atom is 0.507 e. The number of amides is 1. The Morgan fingerprint density at radius 3 is 2.60 bits per heavy atom. The molecule has 1 atom stereocenters. The van der Waals surface area contributed by atoms with Crippen LogP contribution in [0.4, 0.5) is 10.5 Å². The van der Waals surface area contributed by atoms with E-state index in [-0.39, 0.29) is 18.9 Å². The highest BCUT2D eigenvalue weighted by Gasteiger charge is 2.43. The van der Waals surface area contributed by atoms with E-state index in [2.05, 4.69) is 11.1 Å². The number of hydrogen-bond acceptors (Lipinski definition) is 7. The van der Waals surface area contributed by atoms with Crippen molar-refractivity contribution in [3.63, 3.8) is 0 Å². The molecule has 1 amide bonds. The number of aromatic nitrogens is 1. The SMILES string of the molecule is Cc1oc(-c2ccc(C#N)cc2)nc1COc1cccc(C(C)(C)C(=O)N2c3ccccc3C[C@H]2OC(=O)O)c1. The van der Waals surface area contributed by atoms with Gasteiger partial charge in [0.1, 0.15) is 23.8 Å². The zero-order valence-electron chi connectivity index (χ0n) is 22.2. The highest BCUT2D eigenvalue weighted by molar-refractivity contribution is 6.02. The Labute approximate surface area is 231 Å². The summed E-state index contributed by atoms with van der Waals surface area (Å²) in [6, 6.07) is 23.6. The Morgan fingerprint density at radius 2 is 1.88 bits per heavy atom. The van der Waals surface area contributed by atoms with Crippen LogP contribution in [0.15, 0.2) is 77.2 Å². The van der Waals surface area contributed by atoms with Gasteiger partial charge in [0.15, 0.2) is 6.23 Å². The fraction of sp³-hybridized carbons (Fsp3) is 0.226. The number of nitrogens with zero attached hydrogens (tertiary/aromatic N) is 3. The monoisotopic (exact) mass is 537 g/mol. The summed E-state index contributed by atoms with van der Waals surface area (Å²) in [5.41, 5.74) is 3.09. The number of fused-ring (bicyclic) bond motifs is 1. The van der Waals surface area contributed by atoms with Crippen LogP contribution < -0.4 is 9.64 Å². The fourth-order valence-corrected chi connectivity index (χ4v) is 4.73. The number of carbonyl (C=O) groups is 2. The van der Waals surface area contributed by atoms with Gasteiger partial charge in [0, 0.05) is 12.0 Å². The van der Waals surface area contributed by atoms with Gasteiger partial charge >= 0.3 is 6.16 Å². The molecule has 5 rings (SSSR count). The number of para-hydroxylation sites is 1. The lowest BCUT2D eigenvalue weighted by Gasteiger charge is -2.33. The third-order valence-electron chi connectivity index (χ3n) is 7.01. The Bertz CT molecular complexity index is 1620. The molecule has 40 heavy (non-hydrogen) atoms. The first-order valence-electron chi connectivity index (χ1n) is 12.7. The molecule has 0 bridgehead atoms. The second-order valence-corrected chi connectivity index (χ2v) is 10.00. The van der Waals surface area contributed by atoms with Crippen molar-refractivity contribution in [2.45, 2.75) is 45.4 Å². The minimum Gasteiger partial charge on any atom is -0.487 e. The van der Waals surface area contributed by atoms with Crippen LogP contribution in [0.1, 0.15) is 42.0 Å². The van der Waals surface area contributed by atoms with Crippen molar-refractivity contribution in [1.29, 1.82) is 5.26 Å². The van der Waals surface area contributed by atoms with Crippen molar-refractivity contribution in [3.8, 4) is 23.3 Å². The lowest BCUT2D eigenvalue weighted by molar-refractivity contribution is -0.125. The summed E-state index contributed by atoms with van der Waals surface area (Å²) in [5, 5.41) is 18.3. The molecular weight excluding hydrogens is 510 g/mol. The van der Waals surface area contributed by atoms with Gasteiger partial charge in [0.25, 0.3) is 0 Å². The van der Waals surface area contributed by atoms with Crippen molar-refractivity contribution < 1.29 is 28.6 Å². The van der Waals surface area contributed by atoms with Crippen LogP contribution in [0, 0.1) is 18.3 Å². The molecule has 202 valence electrons. The zero-order chi connectivity index (χ0) is 28.4. The van der Waals surface area contributed by atoms with E-state index in [0.717, 1.165) is 11.1 Å². The summed E-state index contributed by atoms with van der Waals surface area (Å²) in [7, 11) is 0. The van der Waals surface area contributed by atoms with Crippen LogP contribution in [0.5, 0.6) is 5.75 Å². The van der Waals surface area contributed by atoms with E-state index in [4.69, 9.17) is 19.2 Å². The van der Waals surface area contributed by atoms with Gasteiger partial charge in [0.05, 0.1) is 22.7 Å². The van der Waals surface area contributed by atoms with Gasteiger partial charge in [0.2, 0.25) is 11.8 Å².